The van der Waals surface area contributed by atoms with Crippen molar-refractivity contribution in [3.05, 3.63) is 23.5 Å². The predicted molar refractivity (Wildman–Crippen MR) is 62.6 cm³/mol. The van der Waals surface area contributed by atoms with E-state index in [1.165, 1.54) is 11.3 Å². The number of thiazole rings is 1. The molecule has 0 bridgehead atoms. The predicted octanol–water partition coefficient (Wildman–Crippen LogP) is 2.52. The van der Waals surface area contributed by atoms with Gasteiger partial charge in [0.25, 0.3) is 0 Å². The number of hydrogen-bond acceptors (Lipinski definition) is 4. The number of rotatable bonds is 3. The van der Waals surface area contributed by atoms with Crippen molar-refractivity contribution in [1.82, 2.24) is 9.97 Å². The van der Waals surface area contributed by atoms with Crippen LogP contribution in [0, 0.1) is 5.92 Å². The molecule has 0 aliphatic carbocycles. The fourth-order valence-corrected chi connectivity index (χ4v) is 2.51. The summed E-state index contributed by atoms with van der Waals surface area (Å²) in [4.78, 5) is 19.3. The third-order valence-electron chi connectivity index (χ3n) is 2.74. The lowest BCUT2D eigenvalue weighted by atomic mass is 9.97. The average Bonchev–Trinajstić information content (AvgIpc) is 2.70. The fourth-order valence-electron chi connectivity index (χ4n) is 1.42. The number of pyridine rings is 1. The molecule has 0 saturated heterocycles. The highest BCUT2D eigenvalue weighted by Crippen LogP contribution is 2.31. The Morgan fingerprint density at radius 2 is 2.25 bits per heavy atom. The van der Waals surface area contributed by atoms with Gasteiger partial charge >= 0.3 is 5.97 Å². The van der Waals surface area contributed by atoms with Gasteiger partial charge in [-0.2, -0.15) is 0 Å². The molecule has 5 heteroatoms. The second kappa shape index (κ2) is 4.17. The summed E-state index contributed by atoms with van der Waals surface area (Å²) in [5.74, 6) is -1.28. The summed E-state index contributed by atoms with van der Waals surface area (Å²) in [6.45, 7) is 3.60. The molecule has 2 unspecified atom stereocenters. The minimum atomic E-state index is -0.787. The Balaban J connectivity index is 2.36. The lowest BCUT2D eigenvalue weighted by Crippen LogP contribution is -2.16. The number of hydrogen-bond donors (Lipinski definition) is 1. The highest BCUT2D eigenvalue weighted by molar-refractivity contribution is 7.18. The van der Waals surface area contributed by atoms with Crippen molar-refractivity contribution in [3.8, 4) is 0 Å². The first-order chi connectivity index (χ1) is 7.59. The largest absolute Gasteiger partial charge is 0.481 e. The number of fused-ring (bicyclic) bond motifs is 1. The van der Waals surface area contributed by atoms with Gasteiger partial charge < -0.3 is 5.11 Å². The molecule has 0 radical (unpaired) electrons. The molecule has 0 aliphatic rings. The first-order valence-corrected chi connectivity index (χ1v) is 5.84. The van der Waals surface area contributed by atoms with Gasteiger partial charge in [-0.3, -0.25) is 9.78 Å². The van der Waals surface area contributed by atoms with E-state index in [1.54, 1.807) is 19.3 Å². The topological polar surface area (TPSA) is 63.1 Å². The van der Waals surface area contributed by atoms with Crippen molar-refractivity contribution in [2.45, 2.75) is 19.8 Å². The van der Waals surface area contributed by atoms with Gasteiger partial charge in [0.05, 0.1) is 27.3 Å². The Hall–Kier alpha value is -1.49. The molecule has 4 nitrogen and oxygen atoms in total. The van der Waals surface area contributed by atoms with Crippen LogP contribution in [0.5, 0.6) is 0 Å². The molecular formula is C11H12N2O2S. The molecule has 1 N–H and O–H groups in total. The van der Waals surface area contributed by atoms with E-state index < -0.39 is 11.9 Å². The zero-order valence-electron chi connectivity index (χ0n) is 9.04. The molecule has 0 amide bonds. The van der Waals surface area contributed by atoms with Crippen LogP contribution in [0.2, 0.25) is 0 Å². The van der Waals surface area contributed by atoms with E-state index >= 15 is 0 Å². The van der Waals surface area contributed by atoms with Crippen LogP contribution < -0.4 is 0 Å². The monoisotopic (exact) mass is 236 g/mol. The van der Waals surface area contributed by atoms with Crippen LogP contribution in [-0.2, 0) is 4.79 Å². The number of carbonyl (C=O) groups is 1. The Morgan fingerprint density at radius 3 is 2.88 bits per heavy atom. The SMILES string of the molecule is CC(C(=O)O)C(C)c1nc2cnccc2s1. The van der Waals surface area contributed by atoms with Gasteiger partial charge in [-0.05, 0) is 6.07 Å². The molecule has 0 saturated carbocycles. The van der Waals surface area contributed by atoms with Gasteiger partial charge in [0, 0.05) is 12.1 Å². The second-order valence-corrected chi connectivity index (χ2v) is 4.87. The standard InChI is InChI=1S/C11H12N2O2S/c1-6(7(2)11(14)15)10-13-8-5-12-4-3-9(8)16-10/h3-7H,1-2H3,(H,14,15). The number of nitrogens with zero attached hydrogens (tertiary/aromatic N) is 2. The molecular weight excluding hydrogens is 224 g/mol. The van der Waals surface area contributed by atoms with E-state index in [4.69, 9.17) is 5.11 Å². The third kappa shape index (κ3) is 1.90. The van der Waals surface area contributed by atoms with Gasteiger partial charge in [-0.25, -0.2) is 4.98 Å². The van der Waals surface area contributed by atoms with Crippen molar-refractivity contribution < 1.29 is 9.90 Å². The Kier molecular flexibility index (Phi) is 2.87. The molecule has 0 spiro atoms. The summed E-state index contributed by atoms with van der Waals surface area (Å²) in [6, 6.07) is 1.90. The lowest BCUT2D eigenvalue weighted by Gasteiger charge is -2.12. The minimum absolute atomic E-state index is 0.0742. The van der Waals surface area contributed by atoms with Crippen molar-refractivity contribution in [3.63, 3.8) is 0 Å². The average molecular weight is 236 g/mol. The van der Waals surface area contributed by atoms with Gasteiger partial charge in [0.2, 0.25) is 0 Å². The van der Waals surface area contributed by atoms with Gasteiger partial charge in [-0.15, -0.1) is 11.3 Å². The van der Waals surface area contributed by atoms with Crippen LogP contribution in [0.4, 0.5) is 0 Å². The molecule has 2 atom stereocenters. The molecule has 2 aromatic heterocycles. The lowest BCUT2D eigenvalue weighted by molar-refractivity contribution is -0.141. The summed E-state index contributed by atoms with van der Waals surface area (Å²) >= 11 is 1.54. The fraction of sp³-hybridized carbons (Fsp3) is 0.364. The first kappa shape index (κ1) is 11.0. The summed E-state index contributed by atoms with van der Waals surface area (Å²) in [5, 5.41) is 9.81. The highest BCUT2D eigenvalue weighted by Gasteiger charge is 2.23. The molecule has 0 aliphatic heterocycles. The van der Waals surface area contributed by atoms with Crippen LogP contribution in [0.15, 0.2) is 18.5 Å². The van der Waals surface area contributed by atoms with E-state index in [9.17, 15) is 4.79 Å². The Morgan fingerprint density at radius 1 is 1.50 bits per heavy atom. The summed E-state index contributed by atoms with van der Waals surface area (Å²) in [5.41, 5.74) is 0.840. The van der Waals surface area contributed by atoms with Crippen LogP contribution in [0.3, 0.4) is 0 Å². The number of carboxylic acid groups (broad SMARTS) is 1. The summed E-state index contributed by atoms with van der Waals surface area (Å²) in [6.07, 6.45) is 3.42. The molecule has 84 valence electrons. The maximum absolute atomic E-state index is 10.9. The molecule has 0 fully saturated rings. The molecule has 2 heterocycles. The van der Waals surface area contributed by atoms with Crippen LogP contribution in [0.1, 0.15) is 24.8 Å². The highest BCUT2D eigenvalue weighted by atomic mass is 32.1. The quantitative estimate of drug-likeness (QED) is 0.889. The third-order valence-corrected chi connectivity index (χ3v) is 3.97. The van der Waals surface area contributed by atoms with Crippen molar-refractivity contribution >= 4 is 27.5 Å². The van der Waals surface area contributed by atoms with Crippen LogP contribution >= 0.6 is 11.3 Å². The van der Waals surface area contributed by atoms with Crippen molar-refractivity contribution in [2.24, 2.45) is 5.92 Å². The smallest absolute Gasteiger partial charge is 0.306 e. The Labute approximate surface area is 97.0 Å². The van der Waals surface area contributed by atoms with E-state index in [0.29, 0.717) is 0 Å². The maximum atomic E-state index is 10.9. The Bertz CT molecular complexity index is 490. The number of carboxylic acids is 1. The number of aliphatic carboxylic acids is 1. The molecule has 0 aromatic carbocycles. The van der Waals surface area contributed by atoms with E-state index in [2.05, 4.69) is 9.97 Å². The zero-order chi connectivity index (χ0) is 11.7. The van der Waals surface area contributed by atoms with E-state index in [1.807, 2.05) is 13.0 Å². The van der Waals surface area contributed by atoms with Gasteiger partial charge in [0.1, 0.15) is 0 Å². The minimum Gasteiger partial charge on any atom is -0.481 e. The van der Waals surface area contributed by atoms with E-state index in [-0.39, 0.29) is 5.92 Å². The maximum Gasteiger partial charge on any atom is 0.306 e. The van der Waals surface area contributed by atoms with E-state index in [0.717, 1.165) is 15.2 Å². The van der Waals surface area contributed by atoms with Crippen LogP contribution in [-0.4, -0.2) is 21.0 Å². The van der Waals surface area contributed by atoms with Crippen LogP contribution in [0.25, 0.3) is 10.2 Å². The molecule has 2 aromatic rings. The first-order valence-electron chi connectivity index (χ1n) is 5.03. The number of aromatic nitrogens is 2. The molecule has 2 rings (SSSR count). The summed E-state index contributed by atoms with van der Waals surface area (Å²) in [7, 11) is 0. The summed E-state index contributed by atoms with van der Waals surface area (Å²) < 4.78 is 1.05. The van der Waals surface area contributed by atoms with Crippen molar-refractivity contribution in [1.29, 1.82) is 0 Å². The molecule has 16 heavy (non-hydrogen) atoms. The normalized spacial score (nSPS) is 14.9. The van der Waals surface area contributed by atoms with Crippen molar-refractivity contribution in [2.75, 3.05) is 0 Å². The zero-order valence-corrected chi connectivity index (χ0v) is 9.86. The van der Waals surface area contributed by atoms with Gasteiger partial charge in [0.15, 0.2) is 0 Å². The van der Waals surface area contributed by atoms with Gasteiger partial charge in [-0.1, -0.05) is 13.8 Å². The second-order valence-electron chi connectivity index (χ2n) is 3.81.